The van der Waals surface area contributed by atoms with Gasteiger partial charge in [-0.2, -0.15) is 0 Å². The van der Waals surface area contributed by atoms with E-state index in [1.54, 1.807) is 0 Å². The fourth-order valence-electron chi connectivity index (χ4n) is 1.13. The zero-order valence-electron chi connectivity index (χ0n) is 6.85. The molecule has 0 unspecified atom stereocenters. The van der Waals surface area contributed by atoms with E-state index >= 15 is 0 Å². The molecular formula is C8H18N+. The SMILES string of the molecule is CC[N+](C)(C)CC1CC1. The molecule has 1 heteroatoms. The van der Waals surface area contributed by atoms with Gasteiger partial charge in [0, 0.05) is 5.92 Å². The first-order chi connectivity index (χ1) is 4.14. The van der Waals surface area contributed by atoms with E-state index in [1.165, 1.54) is 30.4 Å². The van der Waals surface area contributed by atoms with Crippen molar-refractivity contribution in [2.24, 2.45) is 5.92 Å². The monoisotopic (exact) mass is 128 g/mol. The smallest absolute Gasteiger partial charge is 0.0811 e. The molecule has 1 rings (SSSR count). The van der Waals surface area contributed by atoms with Crippen molar-refractivity contribution < 1.29 is 4.48 Å². The molecule has 1 fully saturated rings. The number of rotatable bonds is 3. The van der Waals surface area contributed by atoms with Crippen LogP contribution >= 0.6 is 0 Å². The van der Waals surface area contributed by atoms with Gasteiger partial charge in [0.2, 0.25) is 0 Å². The van der Waals surface area contributed by atoms with Crippen LogP contribution < -0.4 is 0 Å². The van der Waals surface area contributed by atoms with Gasteiger partial charge in [0.25, 0.3) is 0 Å². The lowest BCUT2D eigenvalue weighted by atomic mass is 10.3. The van der Waals surface area contributed by atoms with Crippen molar-refractivity contribution in [1.82, 2.24) is 0 Å². The standard InChI is InChI=1S/C8H18N/c1-4-9(2,3)7-8-5-6-8/h8H,4-7H2,1-3H3/q+1. The van der Waals surface area contributed by atoms with Gasteiger partial charge in [-0.15, -0.1) is 0 Å². The first kappa shape index (κ1) is 7.07. The Morgan fingerprint density at radius 1 is 1.33 bits per heavy atom. The molecule has 0 bridgehead atoms. The summed E-state index contributed by atoms with van der Waals surface area (Å²) in [6.07, 6.45) is 2.98. The summed E-state index contributed by atoms with van der Waals surface area (Å²) in [5.74, 6) is 1.07. The average molecular weight is 128 g/mol. The van der Waals surface area contributed by atoms with Crippen LogP contribution in [-0.4, -0.2) is 31.7 Å². The van der Waals surface area contributed by atoms with E-state index in [4.69, 9.17) is 0 Å². The Labute approximate surface area is 58.3 Å². The van der Waals surface area contributed by atoms with E-state index in [9.17, 15) is 0 Å². The van der Waals surface area contributed by atoms with E-state index in [2.05, 4.69) is 21.0 Å². The maximum absolute atomic E-state index is 2.32. The van der Waals surface area contributed by atoms with Crippen molar-refractivity contribution in [3.05, 3.63) is 0 Å². The predicted molar refractivity (Wildman–Crippen MR) is 40.2 cm³/mol. The lowest BCUT2D eigenvalue weighted by molar-refractivity contribution is -0.890. The predicted octanol–water partition coefficient (Wildman–Crippen LogP) is 1.49. The average Bonchev–Trinajstić information content (AvgIpc) is 2.50. The zero-order chi connectivity index (χ0) is 6.91. The molecule has 0 aromatic rings. The van der Waals surface area contributed by atoms with Crippen LogP contribution in [0.2, 0.25) is 0 Å². The highest BCUT2D eigenvalue weighted by Gasteiger charge is 2.28. The number of nitrogens with zero attached hydrogens (tertiary/aromatic N) is 1. The Morgan fingerprint density at radius 2 is 1.89 bits per heavy atom. The van der Waals surface area contributed by atoms with E-state index < -0.39 is 0 Å². The van der Waals surface area contributed by atoms with Crippen LogP contribution in [-0.2, 0) is 0 Å². The molecule has 0 atom stereocenters. The second kappa shape index (κ2) is 2.30. The molecule has 0 heterocycles. The number of hydrogen-bond acceptors (Lipinski definition) is 0. The van der Waals surface area contributed by atoms with Crippen molar-refractivity contribution in [1.29, 1.82) is 0 Å². The molecule has 0 amide bonds. The Balaban J connectivity index is 2.21. The van der Waals surface area contributed by atoms with Crippen LogP contribution in [0.15, 0.2) is 0 Å². The van der Waals surface area contributed by atoms with E-state index in [0.29, 0.717) is 0 Å². The van der Waals surface area contributed by atoms with Gasteiger partial charge in [0.15, 0.2) is 0 Å². The summed E-state index contributed by atoms with van der Waals surface area (Å²) < 4.78 is 1.21. The third kappa shape index (κ3) is 2.35. The van der Waals surface area contributed by atoms with Crippen molar-refractivity contribution in [2.45, 2.75) is 19.8 Å². The Bertz CT molecular complexity index is 92.7. The summed E-state index contributed by atoms with van der Waals surface area (Å²) >= 11 is 0. The van der Waals surface area contributed by atoms with Crippen LogP contribution in [0.25, 0.3) is 0 Å². The molecule has 0 N–H and O–H groups in total. The maximum Gasteiger partial charge on any atom is 0.0811 e. The van der Waals surface area contributed by atoms with Gasteiger partial charge in [0.05, 0.1) is 27.2 Å². The quantitative estimate of drug-likeness (QED) is 0.505. The van der Waals surface area contributed by atoms with Gasteiger partial charge in [-0.25, -0.2) is 0 Å². The van der Waals surface area contributed by atoms with E-state index in [1.807, 2.05) is 0 Å². The summed E-state index contributed by atoms with van der Waals surface area (Å²) in [5.41, 5.74) is 0. The highest BCUT2D eigenvalue weighted by Crippen LogP contribution is 2.30. The minimum absolute atomic E-state index is 1.07. The van der Waals surface area contributed by atoms with Gasteiger partial charge in [-0.05, 0) is 19.8 Å². The highest BCUT2D eigenvalue weighted by atomic mass is 15.3. The third-order valence-electron chi connectivity index (χ3n) is 2.31. The zero-order valence-corrected chi connectivity index (χ0v) is 6.85. The molecule has 9 heavy (non-hydrogen) atoms. The summed E-state index contributed by atoms with van der Waals surface area (Å²) in [7, 11) is 4.64. The molecule has 0 spiro atoms. The molecule has 1 aliphatic rings. The largest absolute Gasteiger partial charge is 0.328 e. The van der Waals surface area contributed by atoms with Gasteiger partial charge >= 0.3 is 0 Å². The first-order valence-electron chi connectivity index (χ1n) is 3.96. The van der Waals surface area contributed by atoms with E-state index in [0.717, 1.165) is 5.92 Å². The minimum Gasteiger partial charge on any atom is -0.328 e. The van der Waals surface area contributed by atoms with Gasteiger partial charge in [-0.3, -0.25) is 0 Å². The normalized spacial score (nSPS) is 20.3. The fourth-order valence-corrected chi connectivity index (χ4v) is 1.13. The van der Waals surface area contributed by atoms with Gasteiger partial charge in [-0.1, -0.05) is 0 Å². The maximum atomic E-state index is 2.32. The lowest BCUT2D eigenvalue weighted by Gasteiger charge is -2.27. The van der Waals surface area contributed by atoms with E-state index in [-0.39, 0.29) is 0 Å². The van der Waals surface area contributed by atoms with Crippen LogP contribution in [0.1, 0.15) is 19.8 Å². The molecule has 1 nitrogen and oxygen atoms in total. The summed E-state index contributed by atoms with van der Waals surface area (Å²) in [6, 6.07) is 0. The second-order valence-corrected chi connectivity index (χ2v) is 3.88. The third-order valence-corrected chi connectivity index (χ3v) is 2.31. The van der Waals surface area contributed by atoms with Crippen molar-refractivity contribution >= 4 is 0 Å². The molecule has 0 aromatic heterocycles. The van der Waals surface area contributed by atoms with Gasteiger partial charge < -0.3 is 4.48 Å². The molecule has 1 saturated carbocycles. The molecule has 1 aliphatic carbocycles. The number of quaternary nitrogens is 1. The molecule has 0 aliphatic heterocycles. The molecule has 0 radical (unpaired) electrons. The Kier molecular flexibility index (Phi) is 1.80. The van der Waals surface area contributed by atoms with Crippen molar-refractivity contribution in [3.63, 3.8) is 0 Å². The van der Waals surface area contributed by atoms with Crippen LogP contribution in [0.4, 0.5) is 0 Å². The van der Waals surface area contributed by atoms with Crippen molar-refractivity contribution in [2.75, 3.05) is 27.2 Å². The topological polar surface area (TPSA) is 0 Å². The Morgan fingerprint density at radius 3 is 2.22 bits per heavy atom. The summed E-state index contributed by atoms with van der Waals surface area (Å²) in [4.78, 5) is 0. The van der Waals surface area contributed by atoms with Crippen LogP contribution in [0, 0.1) is 5.92 Å². The second-order valence-electron chi connectivity index (χ2n) is 3.88. The summed E-state index contributed by atoms with van der Waals surface area (Å²) in [6.45, 7) is 4.94. The Hall–Kier alpha value is -0.0400. The molecule has 0 saturated heterocycles. The molecule has 54 valence electrons. The van der Waals surface area contributed by atoms with Crippen LogP contribution in [0.3, 0.4) is 0 Å². The van der Waals surface area contributed by atoms with Crippen molar-refractivity contribution in [3.8, 4) is 0 Å². The lowest BCUT2D eigenvalue weighted by Crippen LogP contribution is -2.40. The first-order valence-corrected chi connectivity index (χ1v) is 3.96. The molecular weight excluding hydrogens is 110 g/mol. The fraction of sp³-hybridized carbons (Fsp3) is 1.00. The number of hydrogen-bond donors (Lipinski definition) is 0. The van der Waals surface area contributed by atoms with Gasteiger partial charge in [0.1, 0.15) is 0 Å². The van der Waals surface area contributed by atoms with Crippen LogP contribution in [0.5, 0.6) is 0 Å². The summed E-state index contributed by atoms with van der Waals surface area (Å²) in [5, 5.41) is 0. The minimum atomic E-state index is 1.07. The highest BCUT2D eigenvalue weighted by molar-refractivity contribution is 4.71. The molecule has 0 aromatic carbocycles.